The quantitative estimate of drug-likeness (QED) is 0.205. The first-order valence-electron chi connectivity index (χ1n) is 8.31. The van der Waals surface area contributed by atoms with Crippen LogP contribution in [0.3, 0.4) is 0 Å². The van der Waals surface area contributed by atoms with Crippen molar-refractivity contribution in [3.05, 3.63) is 66.7 Å². The van der Waals surface area contributed by atoms with E-state index in [1.165, 1.54) is 10.8 Å². The molecule has 0 amide bonds. The molecule has 4 aromatic carbocycles. The monoisotopic (exact) mass is 314 g/mol. The Labute approximate surface area is 140 Å². The van der Waals surface area contributed by atoms with E-state index >= 15 is 0 Å². The highest BCUT2D eigenvalue weighted by Crippen LogP contribution is 2.35. The van der Waals surface area contributed by atoms with Crippen LogP contribution in [0.5, 0.6) is 5.75 Å². The average molecular weight is 314 g/mol. The van der Waals surface area contributed by atoms with E-state index in [4.69, 9.17) is 4.74 Å². The zero-order valence-electron chi connectivity index (χ0n) is 13.6. The van der Waals surface area contributed by atoms with Gasteiger partial charge >= 0.3 is 5.97 Å². The van der Waals surface area contributed by atoms with Gasteiger partial charge in [-0.2, -0.15) is 0 Å². The van der Waals surface area contributed by atoms with Crippen LogP contribution in [0.15, 0.2) is 66.7 Å². The molecule has 0 radical (unpaired) electrons. The van der Waals surface area contributed by atoms with Gasteiger partial charge in [-0.05, 0) is 51.6 Å². The van der Waals surface area contributed by atoms with E-state index in [-0.39, 0.29) is 5.97 Å². The zero-order valence-corrected chi connectivity index (χ0v) is 13.6. The summed E-state index contributed by atoms with van der Waals surface area (Å²) in [5.74, 6) is 0.467. The van der Waals surface area contributed by atoms with E-state index in [9.17, 15) is 4.79 Å². The minimum atomic E-state index is -0.178. The van der Waals surface area contributed by atoms with Crippen molar-refractivity contribution in [3.8, 4) is 5.75 Å². The van der Waals surface area contributed by atoms with Crippen LogP contribution in [0.1, 0.15) is 19.8 Å². The Kier molecular flexibility index (Phi) is 3.66. The van der Waals surface area contributed by atoms with Crippen LogP contribution < -0.4 is 4.74 Å². The van der Waals surface area contributed by atoms with Crippen molar-refractivity contribution in [1.29, 1.82) is 0 Å². The first kappa shape index (κ1) is 14.7. The number of fused-ring (bicyclic) bond motifs is 4. The molecule has 4 rings (SSSR count). The standard InChI is InChI=1S/C22H18O2/c1-2-6-21(23)24-20-10-5-9-15-11-12-18-13-16-7-3-4-8-17(16)14-19(18)22(15)20/h3-5,7-14H,2,6H2,1H3. The summed E-state index contributed by atoms with van der Waals surface area (Å²) in [6, 6.07) is 22.8. The topological polar surface area (TPSA) is 26.3 Å². The van der Waals surface area contributed by atoms with Crippen molar-refractivity contribution in [3.63, 3.8) is 0 Å². The Morgan fingerprint density at radius 1 is 0.833 bits per heavy atom. The van der Waals surface area contributed by atoms with Crippen LogP contribution in [-0.4, -0.2) is 5.97 Å². The number of hydrogen-bond donors (Lipinski definition) is 0. The first-order valence-corrected chi connectivity index (χ1v) is 8.31. The molecule has 0 saturated carbocycles. The number of esters is 1. The molecule has 0 N–H and O–H groups in total. The summed E-state index contributed by atoms with van der Waals surface area (Å²) in [5.41, 5.74) is 0. The van der Waals surface area contributed by atoms with Crippen LogP contribution >= 0.6 is 0 Å². The molecule has 0 aliphatic carbocycles. The van der Waals surface area contributed by atoms with Gasteiger partial charge in [0.25, 0.3) is 0 Å². The number of benzene rings is 4. The largest absolute Gasteiger partial charge is 0.426 e. The predicted molar refractivity (Wildman–Crippen MR) is 99.5 cm³/mol. The molecule has 0 unspecified atom stereocenters. The van der Waals surface area contributed by atoms with Crippen LogP contribution in [-0.2, 0) is 4.79 Å². The lowest BCUT2D eigenvalue weighted by Crippen LogP contribution is -2.07. The van der Waals surface area contributed by atoms with E-state index in [0.717, 1.165) is 28.0 Å². The normalized spacial score (nSPS) is 11.2. The van der Waals surface area contributed by atoms with Gasteiger partial charge in [0.2, 0.25) is 0 Å². The predicted octanol–water partition coefficient (Wildman–Crippen LogP) is 5.85. The lowest BCUT2D eigenvalue weighted by Gasteiger charge is -2.11. The van der Waals surface area contributed by atoms with Crippen LogP contribution in [0.2, 0.25) is 0 Å². The third-order valence-electron chi connectivity index (χ3n) is 4.37. The Hall–Kier alpha value is -2.87. The van der Waals surface area contributed by atoms with E-state index in [1.807, 2.05) is 31.2 Å². The molecule has 2 nitrogen and oxygen atoms in total. The third-order valence-corrected chi connectivity index (χ3v) is 4.37. The molecule has 0 aromatic heterocycles. The highest BCUT2D eigenvalue weighted by atomic mass is 16.5. The summed E-state index contributed by atoms with van der Waals surface area (Å²) in [4.78, 5) is 12.0. The van der Waals surface area contributed by atoms with Crippen molar-refractivity contribution < 1.29 is 9.53 Å². The summed E-state index contributed by atoms with van der Waals surface area (Å²) < 4.78 is 5.65. The fourth-order valence-electron chi connectivity index (χ4n) is 3.23. The number of rotatable bonds is 3. The summed E-state index contributed by atoms with van der Waals surface area (Å²) in [7, 11) is 0. The molecule has 0 saturated heterocycles. The van der Waals surface area contributed by atoms with Crippen molar-refractivity contribution in [2.24, 2.45) is 0 Å². The van der Waals surface area contributed by atoms with Crippen molar-refractivity contribution in [1.82, 2.24) is 0 Å². The second-order valence-corrected chi connectivity index (χ2v) is 6.06. The molecule has 24 heavy (non-hydrogen) atoms. The maximum absolute atomic E-state index is 12.0. The number of carbonyl (C=O) groups excluding carboxylic acids is 1. The lowest BCUT2D eigenvalue weighted by atomic mass is 9.98. The second kappa shape index (κ2) is 5.97. The number of carbonyl (C=O) groups is 1. The molecule has 0 aliphatic rings. The summed E-state index contributed by atoms with van der Waals surface area (Å²) in [6.45, 7) is 1.98. The smallest absolute Gasteiger partial charge is 0.311 e. The van der Waals surface area contributed by atoms with E-state index in [1.54, 1.807) is 0 Å². The zero-order chi connectivity index (χ0) is 16.5. The maximum atomic E-state index is 12.0. The van der Waals surface area contributed by atoms with E-state index in [0.29, 0.717) is 12.2 Å². The SMILES string of the molecule is CCCC(=O)Oc1cccc2ccc3cc4ccccc4cc3c12. The molecular weight excluding hydrogens is 296 g/mol. The minimum Gasteiger partial charge on any atom is -0.426 e. The van der Waals surface area contributed by atoms with Gasteiger partial charge in [0.15, 0.2) is 0 Å². The van der Waals surface area contributed by atoms with Gasteiger partial charge in [-0.25, -0.2) is 0 Å². The van der Waals surface area contributed by atoms with Crippen LogP contribution in [0.4, 0.5) is 0 Å². The number of hydrogen-bond acceptors (Lipinski definition) is 2. The molecule has 4 aromatic rings. The summed E-state index contributed by atoms with van der Waals surface area (Å²) >= 11 is 0. The van der Waals surface area contributed by atoms with Gasteiger partial charge < -0.3 is 4.74 Å². The molecule has 0 fully saturated rings. The first-order chi connectivity index (χ1) is 11.8. The van der Waals surface area contributed by atoms with E-state index < -0.39 is 0 Å². The Morgan fingerprint density at radius 2 is 1.54 bits per heavy atom. The van der Waals surface area contributed by atoms with Gasteiger partial charge in [0.05, 0.1) is 0 Å². The van der Waals surface area contributed by atoms with Gasteiger partial charge in [-0.15, -0.1) is 0 Å². The molecule has 0 heterocycles. The maximum Gasteiger partial charge on any atom is 0.311 e. The fourth-order valence-corrected chi connectivity index (χ4v) is 3.23. The Morgan fingerprint density at radius 3 is 2.33 bits per heavy atom. The number of ether oxygens (including phenoxy) is 1. The van der Waals surface area contributed by atoms with Crippen molar-refractivity contribution in [2.75, 3.05) is 0 Å². The molecule has 2 heteroatoms. The minimum absolute atomic E-state index is 0.178. The van der Waals surface area contributed by atoms with Crippen molar-refractivity contribution in [2.45, 2.75) is 19.8 Å². The lowest BCUT2D eigenvalue weighted by molar-refractivity contribution is -0.134. The Balaban J connectivity index is 2.01. The highest BCUT2D eigenvalue weighted by molar-refractivity contribution is 6.14. The van der Waals surface area contributed by atoms with Gasteiger partial charge in [-0.3, -0.25) is 4.79 Å². The van der Waals surface area contributed by atoms with Gasteiger partial charge in [-0.1, -0.05) is 55.5 Å². The van der Waals surface area contributed by atoms with Gasteiger partial charge in [0.1, 0.15) is 5.75 Å². The third kappa shape index (κ3) is 2.50. The van der Waals surface area contributed by atoms with Gasteiger partial charge in [0, 0.05) is 11.8 Å². The molecule has 0 bridgehead atoms. The fraction of sp³-hybridized carbons (Fsp3) is 0.136. The summed E-state index contributed by atoms with van der Waals surface area (Å²) in [6.07, 6.45) is 1.22. The molecule has 0 spiro atoms. The molecule has 0 aliphatic heterocycles. The molecular formula is C22H18O2. The second-order valence-electron chi connectivity index (χ2n) is 6.06. The Bertz CT molecular complexity index is 1060. The van der Waals surface area contributed by atoms with Crippen LogP contribution in [0.25, 0.3) is 32.3 Å². The molecule has 0 atom stereocenters. The van der Waals surface area contributed by atoms with Crippen LogP contribution in [0, 0.1) is 0 Å². The van der Waals surface area contributed by atoms with E-state index in [2.05, 4.69) is 42.5 Å². The molecule has 118 valence electrons. The summed E-state index contributed by atoms with van der Waals surface area (Å²) in [5, 5.41) is 6.76. The van der Waals surface area contributed by atoms with Crippen molar-refractivity contribution >= 4 is 38.3 Å². The highest BCUT2D eigenvalue weighted by Gasteiger charge is 2.11. The average Bonchev–Trinajstić information content (AvgIpc) is 2.60.